The maximum absolute atomic E-state index is 13.0. The third-order valence-electron chi connectivity index (χ3n) is 2.46. The molecular weight excluding hydrogens is 127 g/mol. The summed E-state index contributed by atoms with van der Waals surface area (Å²) < 4.78 is 13.0. The zero-order valence-electron chi connectivity index (χ0n) is 6.89. The van der Waals surface area contributed by atoms with E-state index in [1.54, 1.807) is 0 Å². The molecule has 1 rings (SSSR count). The Kier molecular flexibility index (Phi) is 2.12. The second kappa shape index (κ2) is 2.73. The Bertz CT molecular complexity index is 149. The van der Waals surface area contributed by atoms with E-state index in [1.165, 1.54) is 5.57 Å². The van der Waals surface area contributed by atoms with Gasteiger partial charge in [-0.15, -0.1) is 0 Å². The molecule has 0 aromatic rings. The Balaban J connectivity index is 2.69. The minimum Gasteiger partial charge on any atom is -0.247 e. The molecule has 0 aromatic carbocycles. The van der Waals surface area contributed by atoms with Crippen molar-refractivity contribution < 1.29 is 4.39 Å². The van der Waals surface area contributed by atoms with E-state index >= 15 is 0 Å². The van der Waals surface area contributed by atoms with Crippen molar-refractivity contribution in [3.8, 4) is 0 Å². The van der Waals surface area contributed by atoms with Gasteiger partial charge >= 0.3 is 0 Å². The van der Waals surface area contributed by atoms with Crippen LogP contribution in [0.15, 0.2) is 11.6 Å². The Morgan fingerprint density at radius 3 is 2.60 bits per heavy atom. The second-order valence-electron chi connectivity index (χ2n) is 3.45. The summed E-state index contributed by atoms with van der Waals surface area (Å²) in [5.74, 6) is 0.632. The molecule has 3 atom stereocenters. The van der Waals surface area contributed by atoms with Crippen molar-refractivity contribution in [2.75, 3.05) is 0 Å². The summed E-state index contributed by atoms with van der Waals surface area (Å²) in [5.41, 5.74) is 1.21. The fourth-order valence-corrected chi connectivity index (χ4v) is 1.49. The van der Waals surface area contributed by atoms with Crippen LogP contribution in [-0.4, -0.2) is 6.17 Å². The predicted molar refractivity (Wildman–Crippen MR) is 41.6 cm³/mol. The molecule has 0 aromatic heterocycles. The molecule has 0 N–H and O–H groups in total. The second-order valence-corrected chi connectivity index (χ2v) is 3.45. The third kappa shape index (κ3) is 1.39. The van der Waals surface area contributed by atoms with Gasteiger partial charge in [0.1, 0.15) is 6.17 Å². The van der Waals surface area contributed by atoms with Gasteiger partial charge in [-0.05, 0) is 25.2 Å². The van der Waals surface area contributed by atoms with Crippen LogP contribution in [0.25, 0.3) is 0 Å². The number of allylic oxidation sites excluding steroid dienone is 2. The monoisotopic (exact) mass is 142 g/mol. The molecule has 0 fully saturated rings. The lowest BCUT2D eigenvalue weighted by Gasteiger charge is -2.26. The lowest BCUT2D eigenvalue weighted by atomic mass is 9.82. The van der Waals surface area contributed by atoms with E-state index < -0.39 is 6.17 Å². The lowest BCUT2D eigenvalue weighted by Crippen LogP contribution is -2.23. The third-order valence-corrected chi connectivity index (χ3v) is 2.46. The molecular formula is C9H15F. The summed E-state index contributed by atoms with van der Waals surface area (Å²) in [6.07, 6.45) is 2.21. The smallest absolute Gasteiger partial charge is 0.107 e. The summed E-state index contributed by atoms with van der Waals surface area (Å²) in [6, 6.07) is 0. The average molecular weight is 142 g/mol. The summed E-state index contributed by atoms with van der Waals surface area (Å²) in [5, 5.41) is 0. The molecule has 1 heteroatoms. The van der Waals surface area contributed by atoms with Gasteiger partial charge in [0.2, 0.25) is 0 Å². The van der Waals surface area contributed by atoms with Gasteiger partial charge in [-0.2, -0.15) is 0 Å². The van der Waals surface area contributed by atoms with E-state index in [4.69, 9.17) is 0 Å². The molecule has 0 saturated heterocycles. The standard InChI is InChI=1S/C9H15F/c1-6-4-7(2)8(3)9(10)5-6/h4,7-9H,5H2,1-3H3. The van der Waals surface area contributed by atoms with Gasteiger partial charge in [-0.1, -0.05) is 25.5 Å². The fraction of sp³-hybridized carbons (Fsp3) is 0.778. The maximum atomic E-state index is 13.0. The predicted octanol–water partition coefficient (Wildman–Crippen LogP) is 2.95. The molecule has 1 aliphatic carbocycles. The van der Waals surface area contributed by atoms with Crippen LogP contribution >= 0.6 is 0 Å². The maximum Gasteiger partial charge on any atom is 0.107 e. The van der Waals surface area contributed by atoms with Gasteiger partial charge in [-0.25, -0.2) is 4.39 Å². The molecule has 0 radical (unpaired) electrons. The van der Waals surface area contributed by atoms with Crippen molar-refractivity contribution in [3.05, 3.63) is 11.6 Å². The molecule has 10 heavy (non-hydrogen) atoms. The van der Waals surface area contributed by atoms with Crippen molar-refractivity contribution in [2.24, 2.45) is 11.8 Å². The largest absolute Gasteiger partial charge is 0.247 e. The minimum atomic E-state index is -0.611. The highest BCUT2D eigenvalue weighted by Crippen LogP contribution is 2.30. The first kappa shape index (κ1) is 7.77. The van der Waals surface area contributed by atoms with Crippen LogP contribution in [0.3, 0.4) is 0 Å². The van der Waals surface area contributed by atoms with Crippen LogP contribution in [0, 0.1) is 11.8 Å². The van der Waals surface area contributed by atoms with Crippen LogP contribution in [0.4, 0.5) is 4.39 Å². The van der Waals surface area contributed by atoms with Crippen molar-refractivity contribution >= 4 is 0 Å². The van der Waals surface area contributed by atoms with E-state index in [0.717, 1.165) is 0 Å². The van der Waals surface area contributed by atoms with E-state index in [-0.39, 0.29) is 5.92 Å². The highest BCUT2D eigenvalue weighted by Gasteiger charge is 2.25. The number of hydrogen-bond donors (Lipinski definition) is 0. The van der Waals surface area contributed by atoms with E-state index in [1.807, 2.05) is 13.8 Å². The Morgan fingerprint density at radius 2 is 2.10 bits per heavy atom. The molecule has 1 aliphatic rings. The van der Waals surface area contributed by atoms with Crippen molar-refractivity contribution in [2.45, 2.75) is 33.4 Å². The molecule has 0 heterocycles. The van der Waals surface area contributed by atoms with Gasteiger partial charge in [0.25, 0.3) is 0 Å². The molecule has 0 bridgehead atoms. The van der Waals surface area contributed by atoms with E-state index in [9.17, 15) is 4.39 Å². The minimum absolute atomic E-state index is 0.212. The molecule has 58 valence electrons. The molecule has 0 spiro atoms. The molecule has 0 nitrogen and oxygen atoms in total. The van der Waals surface area contributed by atoms with Crippen molar-refractivity contribution in [1.82, 2.24) is 0 Å². The molecule has 0 aliphatic heterocycles. The molecule has 0 saturated carbocycles. The van der Waals surface area contributed by atoms with Crippen LogP contribution < -0.4 is 0 Å². The van der Waals surface area contributed by atoms with Gasteiger partial charge in [0, 0.05) is 0 Å². The first-order chi connectivity index (χ1) is 4.61. The van der Waals surface area contributed by atoms with Crippen molar-refractivity contribution in [1.29, 1.82) is 0 Å². The highest BCUT2D eigenvalue weighted by atomic mass is 19.1. The zero-order valence-corrected chi connectivity index (χ0v) is 6.89. The molecule has 0 amide bonds. The van der Waals surface area contributed by atoms with Crippen molar-refractivity contribution in [3.63, 3.8) is 0 Å². The van der Waals surface area contributed by atoms with E-state index in [2.05, 4.69) is 13.0 Å². The number of hydrogen-bond acceptors (Lipinski definition) is 0. The molecule has 3 unspecified atom stereocenters. The van der Waals surface area contributed by atoms with Gasteiger partial charge in [0.15, 0.2) is 0 Å². The first-order valence-corrected chi connectivity index (χ1v) is 3.92. The van der Waals surface area contributed by atoms with Crippen LogP contribution in [0.1, 0.15) is 27.2 Å². The van der Waals surface area contributed by atoms with Crippen LogP contribution in [0.5, 0.6) is 0 Å². The normalized spacial score (nSPS) is 41.2. The lowest BCUT2D eigenvalue weighted by molar-refractivity contribution is 0.194. The highest BCUT2D eigenvalue weighted by molar-refractivity contribution is 5.08. The van der Waals surface area contributed by atoms with Gasteiger partial charge < -0.3 is 0 Å². The first-order valence-electron chi connectivity index (χ1n) is 3.92. The Labute approximate surface area is 62.1 Å². The Morgan fingerprint density at radius 1 is 1.50 bits per heavy atom. The summed E-state index contributed by atoms with van der Waals surface area (Å²) in [4.78, 5) is 0. The van der Waals surface area contributed by atoms with E-state index in [0.29, 0.717) is 12.3 Å². The van der Waals surface area contributed by atoms with Crippen LogP contribution in [-0.2, 0) is 0 Å². The topological polar surface area (TPSA) is 0 Å². The van der Waals surface area contributed by atoms with Gasteiger partial charge in [0.05, 0.1) is 0 Å². The number of halogens is 1. The SMILES string of the molecule is CC1=CC(C)C(C)C(F)C1. The quantitative estimate of drug-likeness (QED) is 0.456. The number of rotatable bonds is 0. The van der Waals surface area contributed by atoms with Crippen LogP contribution in [0.2, 0.25) is 0 Å². The zero-order chi connectivity index (χ0) is 7.72. The Hall–Kier alpha value is -0.330. The summed E-state index contributed by atoms with van der Waals surface area (Å²) in [7, 11) is 0. The fourth-order valence-electron chi connectivity index (χ4n) is 1.49. The van der Waals surface area contributed by atoms with Gasteiger partial charge in [-0.3, -0.25) is 0 Å². The summed E-state index contributed by atoms with van der Waals surface area (Å²) in [6.45, 7) is 6.08. The summed E-state index contributed by atoms with van der Waals surface area (Å²) >= 11 is 0. The number of alkyl halides is 1. The average Bonchev–Trinajstić information content (AvgIpc) is 1.82.